The summed E-state index contributed by atoms with van der Waals surface area (Å²) in [6.45, 7) is 0. The van der Waals surface area contributed by atoms with Crippen molar-refractivity contribution in [3.63, 3.8) is 0 Å². The summed E-state index contributed by atoms with van der Waals surface area (Å²) in [6, 6.07) is 1.52. The number of hydrogen-bond acceptors (Lipinski definition) is 2. The second-order valence-corrected chi connectivity index (χ2v) is 5.25. The van der Waals surface area contributed by atoms with Gasteiger partial charge in [-0.1, -0.05) is 0 Å². The van der Waals surface area contributed by atoms with Gasteiger partial charge in [0.2, 0.25) is 0 Å². The SMILES string of the molecule is FC1(F)CCCCc2sc(S)cc21. The first kappa shape index (κ1) is 9.46. The Labute approximate surface area is 85.4 Å². The number of thiophene rings is 1. The van der Waals surface area contributed by atoms with Crippen LogP contribution in [0.1, 0.15) is 29.7 Å². The molecule has 1 aromatic heterocycles. The number of rotatable bonds is 0. The van der Waals surface area contributed by atoms with E-state index in [0.29, 0.717) is 10.6 Å². The Balaban J connectivity index is 2.47. The summed E-state index contributed by atoms with van der Waals surface area (Å²) in [5.41, 5.74) is 0.222. The lowest BCUT2D eigenvalue weighted by atomic mass is 10.1. The van der Waals surface area contributed by atoms with Crippen LogP contribution in [0.4, 0.5) is 8.78 Å². The quantitative estimate of drug-likeness (QED) is 0.498. The smallest absolute Gasteiger partial charge is 0.201 e. The van der Waals surface area contributed by atoms with E-state index in [1.807, 2.05) is 0 Å². The molecule has 0 saturated heterocycles. The number of fused-ring (bicyclic) bond motifs is 1. The van der Waals surface area contributed by atoms with Crippen LogP contribution in [0, 0.1) is 0 Å². The number of aryl methyl sites for hydroxylation is 1. The van der Waals surface area contributed by atoms with Crippen LogP contribution in [-0.2, 0) is 12.3 Å². The number of hydrogen-bond donors (Lipinski definition) is 1. The Bertz CT molecular complexity index is 317. The van der Waals surface area contributed by atoms with Gasteiger partial charge in [0, 0.05) is 16.9 Å². The van der Waals surface area contributed by atoms with Crippen molar-refractivity contribution in [3.05, 3.63) is 16.5 Å². The zero-order chi connectivity index (χ0) is 9.47. The van der Waals surface area contributed by atoms with Gasteiger partial charge in [0.15, 0.2) is 0 Å². The van der Waals surface area contributed by atoms with E-state index in [-0.39, 0.29) is 12.0 Å². The second-order valence-electron chi connectivity index (χ2n) is 3.33. The molecule has 0 atom stereocenters. The molecular weight excluding hydrogens is 210 g/mol. The largest absolute Gasteiger partial charge is 0.274 e. The third kappa shape index (κ3) is 1.74. The Kier molecular flexibility index (Phi) is 2.36. The molecule has 0 saturated carbocycles. The fourth-order valence-electron chi connectivity index (χ4n) is 1.68. The molecule has 72 valence electrons. The highest BCUT2D eigenvalue weighted by Crippen LogP contribution is 2.43. The molecule has 0 amide bonds. The Hall–Kier alpha value is -0.0900. The molecule has 1 aliphatic rings. The average molecular weight is 220 g/mol. The maximum absolute atomic E-state index is 13.4. The van der Waals surface area contributed by atoms with Crippen LogP contribution in [0.2, 0.25) is 0 Å². The van der Waals surface area contributed by atoms with Gasteiger partial charge in [-0.2, -0.15) is 0 Å². The highest BCUT2D eigenvalue weighted by atomic mass is 32.2. The molecule has 0 unspecified atom stereocenters. The third-order valence-electron chi connectivity index (χ3n) is 2.33. The van der Waals surface area contributed by atoms with Crippen molar-refractivity contribution < 1.29 is 8.78 Å². The molecule has 0 radical (unpaired) electrons. The van der Waals surface area contributed by atoms with Crippen LogP contribution in [-0.4, -0.2) is 0 Å². The molecule has 0 N–H and O–H groups in total. The molecule has 13 heavy (non-hydrogen) atoms. The Morgan fingerprint density at radius 2 is 2.15 bits per heavy atom. The maximum Gasteiger partial charge on any atom is 0.274 e. The minimum Gasteiger partial charge on any atom is -0.201 e. The summed E-state index contributed by atoms with van der Waals surface area (Å²) in [4.78, 5) is 0.826. The van der Waals surface area contributed by atoms with Gasteiger partial charge in [-0.3, -0.25) is 0 Å². The van der Waals surface area contributed by atoms with E-state index in [0.717, 1.165) is 17.7 Å². The predicted molar refractivity (Wildman–Crippen MR) is 53.0 cm³/mol. The van der Waals surface area contributed by atoms with E-state index in [1.54, 1.807) is 0 Å². The highest BCUT2D eigenvalue weighted by Gasteiger charge is 2.36. The molecule has 1 aliphatic carbocycles. The molecule has 1 aromatic rings. The molecule has 1 heterocycles. The van der Waals surface area contributed by atoms with Crippen LogP contribution < -0.4 is 0 Å². The van der Waals surface area contributed by atoms with E-state index in [1.165, 1.54) is 17.4 Å². The lowest BCUT2D eigenvalue weighted by Crippen LogP contribution is -2.11. The maximum atomic E-state index is 13.4. The molecule has 4 heteroatoms. The fourth-order valence-corrected chi connectivity index (χ4v) is 3.13. The van der Waals surface area contributed by atoms with Crippen molar-refractivity contribution in [2.45, 2.75) is 35.8 Å². The summed E-state index contributed by atoms with van der Waals surface area (Å²) in [5, 5.41) is 0. The molecule has 0 fully saturated rings. The van der Waals surface area contributed by atoms with Crippen LogP contribution in [0.15, 0.2) is 10.3 Å². The van der Waals surface area contributed by atoms with Gasteiger partial charge in [0.1, 0.15) is 0 Å². The van der Waals surface area contributed by atoms with Gasteiger partial charge in [-0.05, 0) is 25.3 Å². The van der Waals surface area contributed by atoms with E-state index < -0.39 is 5.92 Å². The van der Waals surface area contributed by atoms with Crippen LogP contribution in [0.25, 0.3) is 0 Å². The minimum absolute atomic E-state index is 0.00997. The normalized spacial score (nSPS) is 20.8. The fraction of sp³-hybridized carbons (Fsp3) is 0.556. The lowest BCUT2D eigenvalue weighted by Gasteiger charge is -2.13. The molecule has 0 spiro atoms. The zero-order valence-electron chi connectivity index (χ0n) is 7.02. The second kappa shape index (κ2) is 3.24. The summed E-state index contributed by atoms with van der Waals surface area (Å²) in [7, 11) is 0. The number of halogens is 2. The van der Waals surface area contributed by atoms with Gasteiger partial charge in [-0.15, -0.1) is 24.0 Å². The minimum atomic E-state index is -2.62. The van der Waals surface area contributed by atoms with Crippen molar-refractivity contribution in [3.8, 4) is 0 Å². The first-order chi connectivity index (χ1) is 6.09. The summed E-state index contributed by atoms with van der Waals surface area (Å²) >= 11 is 5.50. The first-order valence-corrected chi connectivity index (χ1v) is 5.56. The molecule has 0 bridgehead atoms. The van der Waals surface area contributed by atoms with Crippen molar-refractivity contribution in [1.82, 2.24) is 0 Å². The van der Waals surface area contributed by atoms with E-state index in [9.17, 15) is 8.78 Å². The standard InChI is InChI=1S/C9H10F2S2/c10-9(11)4-2-1-3-7-6(9)5-8(12)13-7/h5,12H,1-4H2. The van der Waals surface area contributed by atoms with E-state index in [2.05, 4.69) is 12.6 Å². The van der Waals surface area contributed by atoms with Crippen LogP contribution >= 0.6 is 24.0 Å². The molecule has 0 aromatic carbocycles. The monoisotopic (exact) mass is 220 g/mol. The summed E-state index contributed by atoms with van der Waals surface area (Å²) in [5.74, 6) is -2.62. The van der Waals surface area contributed by atoms with Gasteiger partial charge in [0.05, 0.1) is 4.21 Å². The highest BCUT2D eigenvalue weighted by molar-refractivity contribution is 7.82. The predicted octanol–water partition coefficient (Wildman–Crippen LogP) is 3.86. The average Bonchev–Trinajstić information content (AvgIpc) is 2.36. The number of alkyl halides is 2. The summed E-state index contributed by atoms with van der Waals surface area (Å²) in [6.07, 6.45) is 2.27. The summed E-state index contributed by atoms with van der Waals surface area (Å²) < 4.78 is 27.6. The molecule has 2 rings (SSSR count). The van der Waals surface area contributed by atoms with Crippen LogP contribution in [0.5, 0.6) is 0 Å². The van der Waals surface area contributed by atoms with Gasteiger partial charge < -0.3 is 0 Å². The molecule has 0 nitrogen and oxygen atoms in total. The van der Waals surface area contributed by atoms with E-state index in [4.69, 9.17) is 0 Å². The van der Waals surface area contributed by atoms with Crippen molar-refractivity contribution in [1.29, 1.82) is 0 Å². The zero-order valence-corrected chi connectivity index (χ0v) is 8.73. The number of thiol groups is 1. The van der Waals surface area contributed by atoms with Crippen molar-refractivity contribution in [2.75, 3.05) is 0 Å². The topological polar surface area (TPSA) is 0 Å². The lowest BCUT2D eigenvalue weighted by molar-refractivity contribution is -0.0134. The van der Waals surface area contributed by atoms with Crippen molar-refractivity contribution in [2.24, 2.45) is 0 Å². The van der Waals surface area contributed by atoms with E-state index >= 15 is 0 Å². The van der Waals surface area contributed by atoms with Crippen molar-refractivity contribution >= 4 is 24.0 Å². The Morgan fingerprint density at radius 3 is 2.92 bits per heavy atom. The Morgan fingerprint density at radius 1 is 1.38 bits per heavy atom. The van der Waals surface area contributed by atoms with Gasteiger partial charge in [0.25, 0.3) is 5.92 Å². The first-order valence-electron chi connectivity index (χ1n) is 4.29. The van der Waals surface area contributed by atoms with Gasteiger partial charge >= 0.3 is 0 Å². The van der Waals surface area contributed by atoms with Crippen LogP contribution in [0.3, 0.4) is 0 Å². The molecular formula is C9H10F2S2. The molecule has 0 aliphatic heterocycles. The third-order valence-corrected chi connectivity index (χ3v) is 3.74. The van der Waals surface area contributed by atoms with Gasteiger partial charge in [-0.25, -0.2) is 8.78 Å².